The maximum atomic E-state index is 2.48. The lowest BCUT2D eigenvalue weighted by atomic mass is 9.73. The first-order valence-corrected chi connectivity index (χ1v) is 9.82. The van der Waals surface area contributed by atoms with Gasteiger partial charge in [0.15, 0.2) is 0 Å². The van der Waals surface area contributed by atoms with Crippen LogP contribution in [0, 0.1) is 23.7 Å². The minimum Gasteiger partial charge on any atom is -0.165 e. The van der Waals surface area contributed by atoms with Gasteiger partial charge in [-0.25, -0.2) is 0 Å². The lowest BCUT2D eigenvalue weighted by Gasteiger charge is -2.32. The van der Waals surface area contributed by atoms with Gasteiger partial charge in [0.1, 0.15) is 0 Å². The summed E-state index contributed by atoms with van der Waals surface area (Å²) in [5.41, 5.74) is 1.73. The highest BCUT2D eigenvalue weighted by Gasteiger charge is 2.38. The zero-order valence-corrected chi connectivity index (χ0v) is 14.0. The average molecular weight is 281 g/mol. The molecule has 0 aromatic rings. The Morgan fingerprint density at radius 1 is 1.05 bits per heavy atom. The summed E-state index contributed by atoms with van der Waals surface area (Å²) in [5, 5.41) is 0. The molecule has 0 aromatic carbocycles. The first-order chi connectivity index (χ1) is 9.26. The molecule has 19 heavy (non-hydrogen) atoms. The molecule has 0 amide bonds. The highest BCUT2D eigenvalue weighted by molar-refractivity contribution is 7.98. The Labute approximate surface area is 124 Å². The van der Waals surface area contributed by atoms with Crippen molar-refractivity contribution in [1.82, 2.24) is 0 Å². The molecule has 0 nitrogen and oxygen atoms in total. The van der Waals surface area contributed by atoms with E-state index in [2.05, 4.69) is 37.9 Å². The fourth-order valence-corrected chi connectivity index (χ4v) is 5.31. The molecule has 4 unspecified atom stereocenters. The third kappa shape index (κ3) is 4.28. The van der Waals surface area contributed by atoms with Crippen molar-refractivity contribution in [2.24, 2.45) is 23.7 Å². The van der Waals surface area contributed by atoms with Crippen LogP contribution in [0.2, 0.25) is 0 Å². The van der Waals surface area contributed by atoms with Gasteiger partial charge in [0.05, 0.1) is 0 Å². The fourth-order valence-electron chi connectivity index (χ4n) is 4.56. The van der Waals surface area contributed by atoms with Crippen molar-refractivity contribution in [1.29, 1.82) is 0 Å². The van der Waals surface area contributed by atoms with Crippen LogP contribution in [0.3, 0.4) is 0 Å². The molecule has 2 saturated carbocycles. The Bertz CT molecular complexity index is 294. The van der Waals surface area contributed by atoms with E-state index >= 15 is 0 Å². The smallest absolute Gasteiger partial charge is 0.00417 e. The second-order valence-corrected chi connectivity index (χ2v) is 7.73. The van der Waals surface area contributed by atoms with Gasteiger partial charge in [-0.1, -0.05) is 25.5 Å². The van der Waals surface area contributed by atoms with E-state index in [-0.39, 0.29) is 0 Å². The van der Waals surface area contributed by atoms with Crippen molar-refractivity contribution < 1.29 is 0 Å². The predicted molar refractivity (Wildman–Crippen MR) is 88.7 cm³/mol. The van der Waals surface area contributed by atoms with Crippen molar-refractivity contribution in [3.63, 3.8) is 0 Å². The van der Waals surface area contributed by atoms with Gasteiger partial charge < -0.3 is 0 Å². The van der Waals surface area contributed by atoms with Gasteiger partial charge in [-0.3, -0.25) is 0 Å². The monoisotopic (exact) mass is 280 g/mol. The summed E-state index contributed by atoms with van der Waals surface area (Å²) in [6, 6.07) is 0. The normalized spacial score (nSPS) is 35.4. The van der Waals surface area contributed by atoms with E-state index in [1.807, 2.05) is 0 Å². The molecule has 0 radical (unpaired) electrons. The molecule has 0 bridgehead atoms. The van der Waals surface area contributed by atoms with Gasteiger partial charge in [0.25, 0.3) is 0 Å². The third-order valence-electron chi connectivity index (χ3n) is 5.42. The lowest BCUT2D eigenvalue weighted by molar-refractivity contribution is 0.207. The van der Waals surface area contributed by atoms with E-state index in [0.29, 0.717) is 0 Å². The molecule has 0 N–H and O–H groups in total. The number of fused-ring (bicyclic) bond motifs is 1. The summed E-state index contributed by atoms with van der Waals surface area (Å²) in [7, 11) is 0. The molecule has 0 heterocycles. The van der Waals surface area contributed by atoms with Crippen LogP contribution in [-0.2, 0) is 0 Å². The molecule has 1 heteroatoms. The number of thioether (sulfide) groups is 1. The number of hydrogen-bond acceptors (Lipinski definition) is 1. The summed E-state index contributed by atoms with van der Waals surface area (Å²) in [6.45, 7) is 4.60. The van der Waals surface area contributed by atoms with Crippen molar-refractivity contribution in [2.45, 2.75) is 65.2 Å². The second kappa shape index (κ2) is 7.76. The van der Waals surface area contributed by atoms with Crippen molar-refractivity contribution in [3.05, 3.63) is 11.6 Å². The Balaban J connectivity index is 1.83. The highest BCUT2D eigenvalue weighted by Crippen LogP contribution is 2.48. The standard InChI is InChI=1S/C18H32S/c1-4-6-14(5-2)9-15-7-8-17-11-16(13-19-3)12-18(17)10-15/h6,15-18H,4-5,7-13H2,1-3H3/b14-6+. The number of rotatable bonds is 6. The van der Waals surface area contributed by atoms with Crippen LogP contribution in [0.25, 0.3) is 0 Å². The van der Waals surface area contributed by atoms with Crippen LogP contribution in [-0.4, -0.2) is 12.0 Å². The first-order valence-electron chi connectivity index (χ1n) is 8.43. The molecule has 2 aliphatic rings. The van der Waals surface area contributed by atoms with Crippen LogP contribution < -0.4 is 0 Å². The Morgan fingerprint density at radius 2 is 1.79 bits per heavy atom. The average Bonchev–Trinajstić information content (AvgIpc) is 2.80. The van der Waals surface area contributed by atoms with Crippen LogP contribution in [0.15, 0.2) is 11.6 Å². The largest absolute Gasteiger partial charge is 0.165 e. The lowest BCUT2D eigenvalue weighted by Crippen LogP contribution is -2.21. The van der Waals surface area contributed by atoms with Crippen molar-refractivity contribution >= 4 is 11.8 Å². The molecule has 2 aliphatic carbocycles. The summed E-state index contributed by atoms with van der Waals surface area (Å²) < 4.78 is 0. The molecular weight excluding hydrogens is 248 g/mol. The van der Waals surface area contributed by atoms with E-state index < -0.39 is 0 Å². The first kappa shape index (κ1) is 15.5. The molecule has 2 rings (SSSR count). The van der Waals surface area contributed by atoms with Crippen LogP contribution in [0.1, 0.15) is 65.2 Å². The van der Waals surface area contributed by atoms with Crippen LogP contribution in [0.4, 0.5) is 0 Å². The molecule has 0 aromatic heterocycles. The van der Waals surface area contributed by atoms with E-state index in [9.17, 15) is 0 Å². The second-order valence-electron chi connectivity index (χ2n) is 6.82. The van der Waals surface area contributed by atoms with Crippen LogP contribution >= 0.6 is 11.8 Å². The van der Waals surface area contributed by atoms with Crippen molar-refractivity contribution in [2.75, 3.05) is 12.0 Å². The van der Waals surface area contributed by atoms with Gasteiger partial charge >= 0.3 is 0 Å². The maximum absolute atomic E-state index is 2.48. The topological polar surface area (TPSA) is 0 Å². The Hall–Kier alpha value is 0.0900. The van der Waals surface area contributed by atoms with Crippen LogP contribution in [0.5, 0.6) is 0 Å². The van der Waals surface area contributed by atoms with E-state index in [1.54, 1.807) is 18.4 Å². The molecule has 0 aliphatic heterocycles. The van der Waals surface area contributed by atoms with Gasteiger partial charge in [-0.2, -0.15) is 11.8 Å². The minimum atomic E-state index is 1.01. The summed E-state index contributed by atoms with van der Waals surface area (Å²) in [6.07, 6.45) is 16.3. The summed E-state index contributed by atoms with van der Waals surface area (Å²) in [5.74, 6) is 5.63. The van der Waals surface area contributed by atoms with Crippen molar-refractivity contribution in [3.8, 4) is 0 Å². The minimum absolute atomic E-state index is 1.01. The van der Waals surface area contributed by atoms with E-state index in [4.69, 9.17) is 0 Å². The molecule has 2 fully saturated rings. The maximum Gasteiger partial charge on any atom is -0.00417 e. The summed E-state index contributed by atoms with van der Waals surface area (Å²) >= 11 is 2.06. The zero-order valence-electron chi connectivity index (χ0n) is 13.2. The Kier molecular flexibility index (Phi) is 6.32. The SMILES string of the molecule is CC/C=C(\CC)CC1CCC2CC(CSC)CC2C1. The zero-order chi connectivity index (χ0) is 13.7. The predicted octanol–water partition coefficient (Wildman–Crippen LogP) is 5.93. The Morgan fingerprint density at radius 3 is 2.47 bits per heavy atom. The highest BCUT2D eigenvalue weighted by atomic mass is 32.2. The molecule has 4 atom stereocenters. The van der Waals surface area contributed by atoms with E-state index in [0.717, 1.165) is 23.7 Å². The summed E-state index contributed by atoms with van der Waals surface area (Å²) in [4.78, 5) is 0. The van der Waals surface area contributed by atoms with Gasteiger partial charge in [-0.05, 0) is 87.0 Å². The van der Waals surface area contributed by atoms with Gasteiger partial charge in [0, 0.05) is 0 Å². The molecule has 110 valence electrons. The number of allylic oxidation sites excluding steroid dienone is 2. The molecular formula is C18H32S. The third-order valence-corrected chi connectivity index (χ3v) is 6.23. The number of hydrogen-bond donors (Lipinski definition) is 0. The molecule has 0 saturated heterocycles. The van der Waals surface area contributed by atoms with Gasteiger partial charge in [-0.15, -0.1) is 0 Å². The van der Waals surface area contributed by atoms with E-state index in [1.165, 1.54) is 44.3 Å². The quantitative estimate of drug-likeness (QED) is 0.543. The molecule has 0 spiro atoms. The fraction of sp³-hybridized carbons (Fsp3) is 0.889. The van der Waals surface area contributed by atoms with Gasteiger partial charge in [0.2, 0.25) is 0 Å².